The van der Waals surface area contributed by atoms with Crippen molar-refractivity contribution in [1.82, 2.24) is 24.8 Å². The van der Waals surface area contributed by atoms with Gasteiger partial charge in [-0.1, -0.05) is 12.1 Å². The Hall–Kier alpha value is -3.81. The van der Waals surface area contributed by atoms with E-state index in [9.17, 15) is 14.0 Å². The molecule has 0 aliphatic carbocycles. The van der Waals surface area contributed by atoms with Gasteiger partial charge in [-0.15, -0.1) is 0 Å². The predicted octanol–water partition coefficient (Wildman–Crippen LogP) is 3.13. The molecule has 31 heavy (non-hydrogen) atoms. The molecule has 8 heteroatoms. The Morgan fingerprint density at radius 1 is 1.13 bits per heavy atom. The number of carbonyl (C=O) groups is 1. The van der Waals surface area contributed by atoms with E-state index < -0.39 is 6.04 Å². The number of halogens is 1. The number of hydrogen-bond donors (Lipinski definition) is 2. The molecule has 2 aromatic heterocycles. The number of benzene rings is 2. The van der Waals surface area contributed by atoms with Gasteiger partial charge in [-0.3, -0.25) is 9.59 Å². The topological polar surface area (TPSA) is 92.7 Å². The van der Waals surface area contributed by atoms with Gasteiger partial charge in [0.1, 0.15) is 17.5 Å². The molecule has 0 fully saturated rings. The van der Waals surface area contributed by atoms with Crippen LogP contribution < -0.4 is 10.9 Å². The number of aryl methyl sites for hydroxylation is 3. The zero-order valence-corrected chi connectivity index (χ0v) is 17.4. The van der Waals surface area contributed by atoms with E-state index in [-0.39, 0.29) is 23.7 Å². The summed E-state index contributed by atoms with van der Waals surface area (Å²) in [6.07, 6.45) is 0.285. The van der Waals surface area contributed by atoms with E-state index in [1.54, 1.807) is 31.2 Å². The molecule has 0 radical (unpaired) electrons. The summed E-state index contributed by atoms with van der Waals surface area (Å²) in [5, 5.41) is 2.99. The Balaban J connectivity index is 1.65. The lowest BCUT2D eigenvalue weighted by Crippen LogP contribution is -2.30. The fourth-order valence-electron chi connectivity index (χ4n) is 3.61. The van der Waals surface area contributed by atoms with E-state index in [2.05, 4.69) is 20.3 Å². The number of nitrogens with zero attached hydrogens (tertiary/aromatic N) is 3. The monoisotopic (exact) mass is 419 g/mol. The van der Waals surface area contributed by atoms with Gasteiger partial charge in [0.05, 0.1) is 22.8 Å². The van der Waals surface area contributed by atoms with E-state index in [1.807, 2.05) is 24.6 Å². The molecule has 2 N–H and O–H groups in total. The van der Waals surface area contributed by atoms with Gasteiger partial charge in [-0.2, -0.15) is 0 Å². The molecule has 2 aromatic carbocycles. The van der Waals surface area contributed by atoms with Crippen LogP contribution in [0.4, 0.5) is 4.39 Å². The van der Waals surface area contributed by atoms with Gasteiger partial charge >= 0.3 is 0 Å². The van der Waals surface area contributed by atoms with Crippen LogP contribution in [0.1, 0.15) is 39.3 Å². The van der Waals surface area contributed by atoms with E-state index in [4.69, 9.17) is 0 Å². The first-order chi connectivity index (χ1) is 14.8. The maximum atomic E-state index is 13.4. The fraction of sp³-hybridized carbons (Fsp3) is 0.217. The maximum absolute atomic E-state index is 13.4. The number of H-pyrrole nitrogens is 1. The van der Waals surface area contributed by atoms with Crippen LogP contribution in [0.2, 0.25) is 0 Å². The number of amides is 1. The highest BCUT2D eigenvalue weighted by Gasteiger charge is 2.19. The summed E-state index contributed by atoms with van der Waals surface area (Å²) in [7, 11) is 1.92. The van der Waals surface area contributed by atoms with Crippen LogP contribution in [-0.4, -0.2) is 25.4 Å². The van der Waals surface area contributed by atoms with Crippen molar-refractivity contribution < 1.29 is 9.18 Å². The molecule has 0 spiro atoms. The first kappa shape index (κ1) is 20.5. The Kier molecular flexibility index (Phi) is 5.37. The number of nitrogens with one attached hydrogen (secondary N) is 2. The highest BCUT2D eigenvalue weighted by Crippen LogP contribution is 2.21. The molecule has 0 aliphatic heterocycles. The molecule has 0 bridgehead atoms. The molecular formula is C23H22FN5O2. The second-order valence-electron chi connectivity index (χ2n) is 7.53. The van der Waals surface area contributed by atoms with Crippen molar-refractivity contribution in [3.63, 3.8) is 0 Å². The summed E-state index contributed by atoms with van der Waals surface area (Å²) in [6, 6.07) is 12.2. The third-order valence-corrected chi connectivity index (χ3v) is 5.27. The van der Waals surface area contributed by atoms with E-state index in [0.29, 0.717) is 22.6 Å². The molecule has 4 rings (SSSR count). The first-order valence-corrected chi connectivity index (χ1v) is 9.86. The maximum Gasteiger partial charge on any atom is 0.251 e. The van der Waals surface area contributed by atoms with Crippen LogP contribution in [0.15, 0.2) is 53.3 Å². The molecule has 2 heterocycles. The quantitative estimate of drug-likeness (QED) is 0.520. The van der Waals surface area contributed by atoms with Crippen LogP contribution in [0.3, 0.4) is 0 Å². The summed E-state index contributed by atoms with van der Waals surface area (Å²) >= 11 is 0. The van der Waals surface area contributed by atoms with Gasteiger partial charge < -0.3 is 14.9 Å². The largest absolute Gasteiger partial charge is 0.345 e. The lowest BCUT2D eigenvalue weighted by atomic mass is 10.0. The van der Waals surface area contributed by atoms with Crippen molar-refractivity contribution in [1.29, 1.82) is 0 Å². The van der Waals surface area contributed by atoms with Crippen LogP contribution in [-0.2, 0) is 13.5 Å². The molecule has 158 valence electrons. The van der Waals surface area contributed by atoms with Crippen LogP contribution in [0, 0.1) is 19.7 Å². The SMILES string of the molecule is Cc1nc(C[C@H](NC(=O)c2ccc3c(c2)nc(C)n3C)c2ccc(F)cc2)cc(=O)[nH]1. The van der Waals surface area contributed by atoms with Crippen molar-refractivity contribution in [3.05, 3.63) is 93.2 Å². The van der Waals surface area contributed by atoms with Crippen LogP contribution in [0.5, 0.6) is 0 Å². The van der Waals surface area contributed by atoms with E-state index in [0.717, 1.165) is 16.9 Å². The number of imidazole rings is 1. The van der Waals surface area contributed by atoms with Crippen molar-refractivity contribution in [3.8, 4) is 0 Å². The van der Waals surface area contributed by atoms with Crippen molar-refractivity contribution >= 4 is 16.9 Å². The number of aromatic amines is 1. The van der Waals surface area contributed by atoms with Gasteiger partial charge in [0, 0.05) is 25.1 Å². The summed E-state index contributed by atoms with van der Waals surface area (Å²) in [4.78, 5) is 36.3. The Morgan fingerprint density at radius 2 is 1.87 bits per heavy atom. The number of rotatable bonds is 5. The summed E-state index contributed by atoms with van der Waals surface area (Å²) in [5.41, 5.74) is 3.12. The molecule has 1 atom stereocenters. The minimum absolute atomic E-state index is 0.261. The number of fused-ring (bicyclic) bond motifs is 1. The minimum Gasteiger partial charge on any atom is -0.345 e. The molecule has 0 saturated heterocycles. The third kappa shape index (κ3) is 4.37. The second kappa shape index (κ2) is 8.14. The standard InChI is InChI=1S/C23H22FN5O2/c1-13-25-18(12-22(30)26-13)11-19(15-4-7-17(24)8-5-15)28-23(31)16-6-9-21-20(10-16)27-14(2)29(21)3/h4-10,12,19H,11H2,1-3H3,(H,28,31)(H,25,26,30)/t19-/m0/s1. The van der Waals surface area contributed by atoms with E-state index in [1.165, 1.54) is 18.2 Å². The Morgan fingerprint density at radius 3 is 2.58 bits per heavy atom. The smallest absolute Gasteiger partial charge is 0.251 e. The zero-order chi connectivity index (χ0) is 22.1. The van der Waals surface area contributed by atoms with Gasteiger partial charge in [0.25, 0.3) is 11.5 Å². The van der Waals surface area contributed by atoms with Gasteiger partial charge in [-0.05, 0) is 49.7 Å². The molecule has 0 unspecified atom stereocenters. The molecule has 0 aliphatic rings. The van der Waals surface area contributed by atoms with Crippen LogP contribution >= 0.6 is 0 Å². The fourth-order valence-corrected chi connectivity index (χ4v) is 3.61. The molecule has 7 nitrogen and oxygen atoms in total. The molecular weight excluding hydrogens is 397 g/mol. The number of carbonyl (C=O) groups excluding carboxylic acids is 1. The number of hydrogen-bond acceptors (Lipinski definition) is 4. The van der Waals surface area contributed by atoms with Gasteiger partial charge in [0.15, 0.2) is 0 Å². The normalized spacial score (nSPS) is 12.1. The van der Waals surface area contributed by atoms with Gasteiger partial charge in [0.2, 0.25) is 0 Å². The summed E-state index contributed by atoms with van der Waals surface area (Å²) in [5.74, 6) is 0.686. The molecule has 0 saturated carbocycles. The molecule has 1 amide bonds. The molecule has 4 aromatic rings. The minimum atomic E-state index is -0.497. The average molecular weight is 419 g/mol. The predicted molar refractivity (Wildman–Crippen MR) is 115 cm³/mol. The lowest BCUT2D eigenvalue weighted by Gasteiger charge is -2.19. The Bertz CT molecular complexity index is 1320. The summed E-state index contributed by atoms with van der Waals surface area (Å²) in [6.45, 7) is 3.60. The zero-order valence-electron chi connectivity index (χ0n) is 17.4. The first-order valence-electron chi connectivity index (χ1n) is 9.86. The van der Waals surface area contributed by atoms with Crippen LogP contribution in [0.25, 0.3) is 11.0 Å². The number of aromatic nitrogens is 4. The van der Waals surface area contributed by atoms with Crippen molar-refractivity contribution in [2.75, 3.05) is 0 Å². The second-order valence-corrected chi connectivity index (χ2v) is 7.53. The lowest BCUT2D eigenvalue weighted by molar-refractivity contribution is 0.0936. The highest BCUT2D eigenvalue weighted by atomic mass is 19.1. The third-order valence-electron chi connectivity index (χ3n) is 5.27. The van der Waals surface area contributed by atoms with Gasteiger partial charge in [-0.25, -0.2) is 14.4 Å². The van der Waals surface area contributed by atoms with Crippen molar-refractivity contribution in [2.45, 2.75) is 26.3 Å². The Labute approximate surface area is 178 Å². The average Bonchev–Trinajstić information content (AvgIpc) is 3.00. The summed E-state index contributed by atoms with van der Waals surface area (Å²) < 4.78 is 15.4. The van der Waals surface area contributed by atoms with Crippen molar-refractivity contribution in [2.24, 2.45) is 7.05 Å². The highest BCUT2D eigenvalue weighted by molar-refractivity contribution is 5.97. The van der Waals surface area contributed by atoms with E-state index >= 15 is 0 Å².